The molecule has 1 aliphatic carbocycles. The van der Waals surface area contributed by atoms with Gasteiger partial charge in [0.1, 0.15) is 0 Å². The van der Waals surface area contributed by atoms with Gasteiger partial charge in [-0.2, -0.15) is 0 Å². The highest BCUT2D eigenvalue weighted by Crippen LogP contribution is 2.49. The molecule has 1 saturated carbocycles. The zero-order chi connectivity index (χ0) is 10.1. The first-order valence-electron chi connectivity index (χ1n) is 5.61. The third kappa shape index (κ3) is 2.07. The van der Waals surface area contributed by atoms with Crippen molar-refractivity contribution in [1.29, 1.82) is 0 Å². The second-order valence-electron chi connectivity index (χ2n) is 5.92. The van der Waals surface area contributed by atoms with Gasteiger partial charge >= 0.3 is 0 Å². The molecule has 13 heavy (non-hydrogen) atoms. The summed E-state index contributed by atoms with van der Waals surface area (Å²) in [6, 6.07) is 0. The molecule has 0 bridgehead atoms. The van der Waals surface area contributed by atoms with Crippen molar-refractivity contribution in [2.24, 2.45) is 22.5 Å². The first-order valence-corrected chi connectivity index (χ1v) is 5.61. The maximum Gasteiger partial charge on any atom is -0.00155 e. The molecule has 0 saturated heterocycles. The molecular weight excluding hydrogens is 158 g/mol. The average molecular weight is 183 g/mol. The van der Waals surface area contributed by atoms with Crippen LogP contribution in [0.3, 0.4) is 0 Å². The fraction of sp³-hybridized carbons (Fsp3) is 1.00. The zero-order valence-corrected chi connectivity index (χ0v) is 9.69. The molecule has 0 aromatic carbocycles. The lowest BCUT2D eigenvalue weighted by Crippen LogP contribution is -2.44. The normalized spacial score (nSPS) is 36.2. The zero-order valence-electron chi connectivity index (χ0n) is 9.69. The summed E-state index contributed by atoms with van der Waals surface area (Å²) >= 11 is 0. The van der Waals surface area contributed by atoms with E-state index in [1.165, 1.54) is 25.7 Å². The second kappa shape index (κ2) is 3.61. The molecule has 1 heteroatoms. The fourth-order valence-electron chi connectivity index (χ4n) is 2.58. The summed E-state index contributed by atoms with van der Waals surface area (Å²) in [6.07, 6.45) is 5.39. The van der Waals surface area contributed by atoms with Crippen molar-refractivity contribution in [3.63, 3.8) is 0 Å². The molecule has 2 N–H and O–H groups in total. The second-order valence-corrected chi connectivity index (χ2v) is 5.92. The minimum Gasteiger partial charge on any atom is -0.330 e. The van der Waals surface area contributed by atoms with Gasteiger partial charge in [-0.1, -0.05) is 40.5 Å². The molecule has 0 amide bonds. The van der Waals surface area contributed by atoms with Crippen LogP contribution in [0.2, 0.25) is 0 Å². The molecule has 1 aliphatic rings. The van der Waals surface area contributed by atoms with Crippen molar-refractivity contribution in [3.8, 4) is 0 Å². The first kappa shape index (κ1) is 11.0. The van der Waals surface area contributed by atoms with Crippen molar-refractivity contribution < 1.29 is 0 Å². The van der Waals surface area contributed by atoms with Crippen LogP contribution in [0.15, 0.2) is 0 Å². The van der Waals surface area contributed by atoms with E-state index in [0.717, 1.165) is 12.5 Å². The van der Waals surface area contributed by atoms with Gasteiger partial charge in [-0.3, -0.25) is 0 Å². The van der Waals surface area contributed by atoms with Gasteiger partial charge < -0.3 is 5.73 Å². The van der Waals surface area contributed by atoms with Crippen LogP contribution < -0.4 is 5.73 Å². The maximum absolute atomic E-state index is 5.97. The summed E-state index contributed by atoms with van der Waals surface area (Å²) in [6.45, 7) is 10.3. The van der Waals surface area contributed by atoms with Gasteiger partial charge in [-0.05, 0) is 36.1 Å². The topological polar surface area (TPSA) is 26.0 Å². The first-order chi connectivity index (χ1) is 5.91. The molecule has 0 atom stereocenters. The Morgan fingerprint density at radius 2 is 1.69 bits per heavy atom. The molecule has 0 heterocycles. The van der Waals surface area contributed by atoms with Crippen molar-refractivity contribution in [3.05, 3.63) is 0 Å². The summed E-state index contributed by atoms with van der Waals surface area (Å²) in [7, 11) is 0. The average Bonchev–Trinajstić information content (AvgIpc) is 2.04. The van der Waals surface area contributed by atoms with Gasteiger partial charge in [0.05, 0.1) is 0 Å². The van der Waals surface area contributed by atoms with Crippen molar-refractivity contribution in [2.75, 3.05) is 6.54 Å². The van der Waals surface area contributed by atoms with E-state index in [9.17, 15) is 0 Å². The van der Waals surface area contributed by atoms with Crippen molar-refractivity contribution in [1.82, 2.24) is 0 Å². The Labute approximate surface area is 83.1 Å². The van der Waals surface area contributed by atoms with Crippen LogP contribution in [0.5, 0.6) is 0 Å². The highest BCUT2D eigenvalue weighted by Gasteiger charge is 2.42. The number of hydrogen-bond donors (Lipinski definition) is 1. The van der Waals surface area contributed by atoms with Crippen LogP contribution in [-0.2, 0) is 0 Å². The lowest BCUT2D eigenvalue weighted by molar-refractivity contribution is 0.0339. The van der Waals surface area contributed by atoms with E-state index in [0.29, 0.717) is 10.8 Å². The predicted molar refractivity (Wildman–Crippen MR) is 58.6 cm³/mol. The summed E-state index contributed by atoms with van der Waals surface area (Å²) in [5, 5.41) is 0. The molecule has 1 nitrogen and oxygen atoms in total. The van der Waals surface area contributed by atoms with Crippen LogP contribution in [0, 0.1) is 16.7 Å². The van der Waals surface area contributed by atoms with Crippen LogP contribution in [0.25, 0.3) is 0 Å². The van der Waals surface area contributed by atoms with Crippen LogP contribution in [0.4, 0.5) is 0 Å². The molecule has 0 radical (unpaired) electrons. The van der Waals surface area contributed by atoms with Gasteiger partial charge in [0, 0.05) is 0 Å². The van der Waals surface area contributed by atoms with Gasteiger partial charge in [0.25, 0.3) is 0 Å². The molecule has 1 fully saturated rings. The van der Waals surface area contributed by atoms with E-state index < -0.39 is 0 Å². The van der Waals surface area contributed by atoms with Gasteiger partial charge in [0.2, 0.25) is 0 Å². The smallest absolute Gasteiger partial charge is 0.00155 e. The minimum atomic E-state index is 0.377. The third-order valence-electron chi connectivity index (χ3n) is 4.21. The van der Waals surface area contributed by atoms with E-state index in [4.69, 9.17) is 5.73 Å². The highest BCUT2D eigenvalue weighted by molar-refractivity contribution is 4.94. The largest absolute Gasteiger partial charge is 0.330 e. The summed E-state index contributed by atoms with van der Waals surface area (Å²) in [5.41, 5.74) is 6.76. The van der Waals surface area contributed by atoms with Gasteiger partial charge in [-0.15, -0.1) is 0 Å². The van der Waals surface area contributed by atoms with Gasteiger partial charge in [0.15, 0.2) is 0 Å². The lowest BCUT2D eigenvalue weighted by Gasteiger charge is -2.48. The Hall–Kier alpha value is -0.0400. The van der Waals surface area contributed by atoms with E-state index in [2.05, 4.69) is 27.7 Å². The monoisotopic (exact) mass is 183 g/mol. The Balaban J connectivity index is 2.72. The lowest BCUT2D eigenvalue weighted by atomic mass is 9.58. The molecule has 78 valence electrons. The van der Waals surface area contributed by atoms with Crippen molar-refractivity contribution in [2.45, 2.75) is 53.4 Å². The van der Waals surface area contributed by atoms with Gasteiger partial charge in [-0.25, -0.2) is 0 Å². The number of rotatable bonds is 1. The van der Waals surface area contributed by atoms with E-state index in [1.807, 2.05) is 0 Å². The van der Waals surface area contributed by atoms with Crippen LogP contribution in [0.1, 0.15) is 53.4 Å². The standard InChI is InChI=1S/C12H25N/c1-10-5-7-12(9-13,8-6-10)11(2,3)4/h10H,5-9,13H2,1-4H3. The Bertz CT molecular complexity index is 158. The SMILES string of the molecule is CC1CCC(CN)(C(C)(C)C)CC1. The molecule has 0 aromatic rings. The maximum atomic E-state index is 5.97. The summed E-state index contributed by atoms with van der Waals surface area (Å²) in [4.78, 5) is 0. The van der Waals surface area contributed by atoms with Crippen LogP contribution in [-0.4, -0.2) is 6.54 Å². The Morgan fingerprint density at radius 3 is 2.00 bits per heavy atom. The van der Waals surface area contributed by atoms with E-state index in [1.54, 1.807) is 0 Å². The Morgan fingerprint density at radius 1 is 1.23 bits per heavy atom. The molecular formula is C12H25N. The molecule has 1 rings (SSSR count). The number of hydrogen-bond acceptors (Lipinski definition) is 1. The third-order valence-corrected chi connectivity index (χ3v) is 4.21. The number of nitrogens with two attached hydrogens (primary N) is 1. The fourth-order valence-corrected chi connectivity index (χ4v) is 2.58. The quantitative estimate of drug-likeness (QED) is 0.664. The molecule has 0 aliphatic heterocycles. The molecule has 0 unspecified atom stereocenters. The Kier molecular flexibility index (Phi) is 3.06. The van der Waals surface area contributed by atoms with Crippen LogP contribution >= 0.6 is 0 Å². The molecule has 0 aromatic heterocycles. The van der Waals surface area contributed by atoms with E-state index in [-0.39, 0.29) is 0 Å². The van der Waals surface area contributed by atoms with Crippen molar-refractivity contribution >= 4 is 0 Å². The summed E-state index contributed by atoms with van der Waals surface area (Å²) in [5.74, 6) is 0.919. The summed E-state index contributed by atoms with van der Waals surface area (Å²) < 4.78 is 0. The predicted octanol–water partition coefficient (Wildman–Crippen LogP) is 3.19. The van der Waals surface area contributed by atoms with E-state index >= 15 is 0 Å². The molecule has 0 spiro atoms. The highest BCUT2D eigenvalue weighted by atomic mass is 14.6. The minimum absolute atomic E-state index is 0.377.